The van der Waals surface area contributed by atoms with E-state index in [-0.39, 0.29) is 25.5 Å². The molecule has 0 aromatic rings. The third kappa shape index (κ3) is 18.0. The van der Waals surface area contributed by atoms with Crippen LogP contribution < -0.4 is 10.6 Å². The Bertz CT molecular complexity index is 874. The van der Waals surface area contributed by atoms with E-state index < -0.39 is 52.7 Å². The lowest BCUT2D eigenvalue weighted by Crippen LogP contribution is -2.50. The first kappa shape index (κ1) is 35.9. The van der Waals surface area contributed by atoms with Gasteiger partial charge in [0.05, 0.1) is 0 Å². The summed E-state index contributed by atoms with van der Waals surface area (Å²) in [5, 5.41) is 5.05. The van der Waals surface area contributed by atoms with Gasteiger partial charge in [0.25, 0.3) is 0 Å². The fraction of sp³-hybridized carbons (Fsp3) is 0.815. The predicted molar refractivity (Wildman–Crippen MR) is 149 cm³/mol. The summed E-state index contributed by atoms with van der Waals surface area (Å²) in [5.41, 5.74) is -3.17. The number of esters is 1. The molecule has 226 valence electrons. The normalized spacial score (nSPS) is 13.6. The van der Waals surface area contributed by atoms with Crippen molar-refractivity contribution in [3.05, 3.63) is 0 Å². The number of nitrogens with zero attached hydrogens (tertiary/aromatic N) is 2. The summed E-state index contributed by atoms with van der Waals surface area (Å²) in [6.07, 6.45) is -1.80. The van der Waals surface area contributed by atoms with E-state index in [9.17, 15) is 19.2 Å². The molecule has 12 nitrogen and oxygen atoms in total. The first-order valence-electron chi connectivity index (χ1n) is 13.2. The summed E-state index contributed by atoms with van der Waals surface area (Å²) in [6.45, 7) is 22.5. The molecule has 12 heteroatoms. The number of amides is 3. The zero-order valence-electron chi connectivity index (χ0n) is 26.1. The number of rotatable bonds is 7. The van der Waals surface area contributed by atoms with E-state index in [0.717, 1.165) is 0 Å². The van der Waals surface area contributed by atoms with Crippen LogP contribution >= 0.6 is 0 Å². The van der Waals surface area contributed by atoms with Crippen molar-refractivity contribution in [2.75, 3.05) is 13.1 Å². The second-order valence-corrected chi connectivity index (χ2v) is 13.0. The van der Waals surface area contributed by atoms with E-state index in [1.807, 2.05) is 6.92 Å². The first-order valence-corrected chi connectivity index (χ1v) is 13.2. The summed E-state index contributed by atoms with van der Waals surface area (Å²) in [6, 6.07) is -1.10. The topological polar surface area (TPSA) is 145 Å². The summed E-state index contributed by atoms with van der Waals surface area (Å²) in [5.74, 6) is -0.789. The Morgan fingerprint density at radius 3 is 1.62 bits per heavy atom. The van der Waals surface area contributed by atoms with Crippen LogP contribution in [0, 0.1) is 0 Å². The number of hydrogen-bond donors (Lipinski definition) is 2. The van der Waals surface area contributed by atoms with Crippen molar-refractivity contribution in [2.45, 2.75) is 131 Å². The van der Waals surface area contributed by atoms with Crippen LogP contribution in [-0.4, -0.2) is 76.6 Å². The summed E-state index contributed by atoms with van der Waals surface area (Å²) in [7, 11) is 0. The molecule has 0 radical (unpaired) electrons. The van der Waals surface area contributed by atoms with Gasteiger partial charge in [0.2, 0.25) is 5.96 Å². The molecular weight excluding hydrogens is 508 g/mol. The standard InChI is InChI=1S/C27H50N4O8/c1-14-17-31(23(35)39-27(11,12)13)20(30-22(34)38-26(8,9)10)28-16-15-18(19(32)36-24(2,3)4)29-21(33)37-25(5,6)7/h18H,14-17H2,1-13H3,(H,29,33)(H,28,30,34)/t18-/m0/s1. The summed E-state index contributed by atoms with van der Waals surface area (Å²) < 4.78 is 21.6. The van der Waals surface area contributed by atoms with Crippen molar-refractivity contribution < 1.29 is 38.1 Å². The van der Waals surface area contributed by atoms with Crippen molar-refractivity contribution in [3.8, 4) is 0 Å². The highest BCUT2D eigenvalue weighted by molar-refractivity contribution is 6.01. The van der Waals surface area contributed by atoms with Crippen LogP contribution in [0.2, 0.25) is 0 Å². The molecule has 39 heavy (non-hydrogen) atoms. The highest BCUT2D eigenvalue weighted by atomic mass is 16.6. The lowest BCUT2D eigenvalue weighted by molar-refractivity contribution is -0.157. The van der Waals surface area contributed by atoms with E-state index in [1.54, 1.807) is 83.1 Å². The Morgan fingerprint density at radius 1 is 0.718 bits per heavy atom. The lowest BCUT2D eigenvalue weighted by atomic mass is 10.1. The molecule has 0 aromatic heterocycles. The SMILES string of the molecule is CCCN(C(=O)OC(C)(C)C)C(=NCC[C@H](NC(=O)OC(C)(C)C)C(=O)OC(C)(C)C)NC(=O)OC(C)(C)C. The molecule has 1 atom stereocenters. The second kappa shape index (κ2) is 14.4. The van der Waals surface area contributed by atoms with Crippen molar-refractivity contribution in [1.82, 2.24) is 15.5 Å². The van der Waals surface area contributed by atoms with Crippen molar-refractivity contribution in [1.29, 1.82) is 0 Å². The van der Waals surface area contributed by atoms with Gasteiger partial charge in [-0.2, -0.15) is 0 Å². The molecule has 0 aliphatic carbocycles. The van der Waals surface area contributed by atoms with Crippen molar-refractivity contribution in [3.63, 3.8) is 0 Å². The fourth-order valence-corrected chi connectivity index (χ4v) is 2.78. The third-order valence-electron chi connectivity index (χ3n) is 3.99. The van der Waals surface area contributed by atoms with Crippen LogP contribution in [-0.2, 0) is 23.7 Å². The molecule has 0 heterocycles. The molecule has 0 saturated carbocycles. The number of hydrogen-bond acceptors (Lipinski definition) is 9. The van der Waals surface area contributed by atoms with Gasteiger partial charge in [-0.05, 0) is 95.9 Å². The highest BCUT2D eigenvalue weighted by Crippen LogP contribution is 2.14. The molecule has 0 unspecified atom stereocenters. The van der Waals surface area contributed by atoms with Gasteiger partial charge in [0.1, 0.15) is 28.4 Å². The van der Waals surface area contributed by atoms with E-state index in [0.29, 0.717) is 6.42 Å². The molecule has 0 aromatic carbocycles. The van der Waals surface area contributed by atoms with Crippen LogP contribution in [0.5, 0.6) is 0 Å². The number of carbonyl (C=O) groups excluding carboxylic acids is 4. The Morgan fingerprint density at radius 2 is 1.18 bits per heavy atom. The summed E-state index contributed by atoms with van der Waals surface area (Å²) >= 11 is 0. The minimum absolute atomic E-state index is 0.0120. The number of nitrogens with one attached hydrogen (secondary N) is 2. The minimum Gasteiger partial charge on any atom is -0.458 e. The molecule has 0 bridgehead atoms. The molecule has 3 amide bonds. The Balaban J connectivity index is 6.12. The van der Waals surface area contributed by atoms with E-state index >= 15 is 0 Å². The Hall–Kier alpha value is -3.05. The molecule has 0 aliphatic rings. The van der Waals surface area contributed by atoms with Gasteiger partial charge in [-0.3, -0.25) is 10.3 Å². The van der Waals surface area contributed by atoms with Gasteiger partial charge in [0.15, 0.2) is 0 Å². The van der Waals surface area contributed by atoms with Gasteiger partial charge in [-0.25, -0.2) is 24.1 Å². The average Bonchev–Trinajstić information content (AvgIpc) is 2.64. The third-order valence-corrected chi connectivity index (χ3v) is 3.99. The zero-order valence-corrected chi connectivity index (χ0v) is 26.1. The molecule has 2 N–H and O–H groups in total. The maximum absolute atomic E-state index is 13.0. The number of guanidine groups is 1. The molecule has 0 fully saturated rings. The lowest BCUT2D eigenvalue weighted by Gasteiger charge is -2.29. The van der Waals surface area contributed by atoms with Crippen LogP contribution in [0.15, 0.2) is 4.99 Å². The van der Waals surface area contributed by atoms with Gasteiger partial charge in [-0.1, -0.05) is 6.92 Å². The van der Waals surface area contributed by atoms with Gasteiger partial charge in [0, 0.05) is 13.1 Å². The Kier molecular flexibility index (Phi) is 13.2. The number of alkyl carbamates (subject to hydrolysis) is 2. The monoisotopic (exact) mass is 558 g/mol. The molecule has 0 spiro atoms. The van der Waals surface area contributed by atoms with Crippen LogP contribution in [0.4, 0.5) is 14.4 Å². The minimum atomic E-state index is -1.10. The molecule has 0 saturated heterocycles. The van der Waals surface area contributed by atoms with E-state index in [1.165, 1.54) is 4.90 Å². The maximum atomic E-state index is 13.0. The van der Waals surface area contributed by atoms with E-state index in [4.69, 9.17) is 18.9 Å². The smallest absolute Gasteiger partial charge is 0.417 e. The van der Waals surface area contributed by atoms with Crippen LogP contribution in [0.3, 0.4) is 0 Å². The maximum Gasteiger partial charge on any atom is 0.417 e. The predicted octanol–water partition coefficient (Wildman–Crippen LogP) is 5.14. The van der Waals surface area contributed by atoms with Crippen LogP contribution in [0.25, 0.3) is 0 Å². The van der Waals surface area contributed by atoms with Crippen molar-refractivity contribution in [2.24, 2.45) is 4.99 Å². The summed E-state index contributed by atoms with van der Waals surface area (Å²) in [4.78, 5) is 56.4. The highest BCUT2D eigenvalue weighted by Gasteiger charge is 2.30. The first-order chi connectivity index (χ1) is 17.4. The largest absolute Gasteiger partial charge is 0.458 e. The fourth-order valence-electron chi connectivity index (χ4n) is 2.78. The average molecular weight is 559 g/mol. The Labute approximate surface area is 233 Å². The van der Waals surface area contributed by atoms with Crippen molar-refractivity contribution >= 4 is 30.2 Å². The van der Waals surface area contributed by atoms with Gasteiger partial charge in [-0.15, -0.1) is 0 Å². The van der Waals surface area contributed by atoms with Crippen LogP contribution in [0.1, 0.15) is 103 Å². The second-order valence-electron chi connectivity index (χ2n) is 13.0. The molecular formula is C27H50N4O8. The van der Waals surface area contributed by atoms with Gasteiger partial charge < -0.3 is 24.3 Å². The van der Waals surface area contributed by atoms with Gasteiger partial charge >= 0.3 is 24.2 Å². The number of ether oxygens (including phenoxy) is 4. The molecule has 0 rings (SSSR count). The molecule has 0 aliphatic heterocycles. The number of carbonyl (C=O) groups is 4. The number of aliphatic imine (C=N–C) groups is 1. The zero-order chi connectivity index (χ0) is 30.8. The van der Waals surface area contributed by atoms with E-state index in [2.05, 4.69) is 15.6 Å². The quantitative estimate of drug-likeness (QED) is 0.189.